The van der Waals surface area contributed by atoms with Crippen LogP contribution in [0.1, 0.15) is 118 Å². The molecule has 0 aromatic heterocycles. The summed E-state index contributed by atoms with van der Waals surface area (Å²) in [6.07, 6.45) is 15.2. The zero-order chi connectivity index (χ0) is 22.3. The SMILES string of the molecule is CC(C)(C)CCCCCCCCCCC(C)(C)C1(C2CCNCC2)CC(=O)NC1=O. The third-order valence-corrected chi connectivity index (χ3v) is 7.82. The predicted molar refractivity (Wildman–Crippen MR) is 125 cm³/mol. The lowest BCUT2D eigenvalue weighted by molar-refractivity contribution is -0.141. The predicted octanol–water partition coefficient (Wildman–Crippen LogP) is 5.99. The molecule has 0 spiro atoms. The van der Waals surface area contributed by atoms with Gasteiger partial charge in [-0.2, -0.15) is 0 Å². The van der Waals surface area contributed by atoms with Gasteiger partial charge in [-0.05, 0) is 55.5 Å². The molecule has 0 radical (unpaired) electrons. The summed E-state index contributed by atoms with van der Waals surface area (Å²) in [7, 11) is 0. The van der Waals surface area contributed by atoms with E-state index in [1.165, 1.54) is 51.4 Å². The van der Waals surface area contributed by atoms with E-state index in [0.717, 1.165) is 38.8 Å². The van der Waals surface area contributed by atoms with Gasteiger partial charge in [-0.1, -0.05) is 86.0 Å². The fourth-order valence-corrected chi connectivity index (χ4v) is 5.87. The Bertz CT molecular complexity index is 558. The minimum atomic E-state index is -0.515. The van der Waals surface area contributed by atoms with Crippen LogP contribution in [0, 0.1) is 22.2 Å². The van der Waals surface area contributed by atoms with Crippen molar-refractivity contribution >= 4 is 11.8 Å². The van der Waals surface area contributed by atoms with Crippen molar-refractivity contribution < 1.29 is 9.59 Å². The number of hydrogen-bond donors (Lipinski definition) is 2. The van der Waals surface area contributed by atoms with Crippen molar-refractivity contribution in [2.45, 2.75) is 118 Å². The number of hydrogen-bond acceptors (Lipinski definition) is 3. The van der Waals surface area contributed by atoms with Gasteiger partial charge >= 0.3 is 0 Å². The van der Waals surface area contributed by atoms with Gasteiger partial charge in [-0.25, -0.2) is 0 Å². The smallest absolute Gasteiger partial charge is 0.234 e. The molecule has 2 fully saturated rings. The van der Waals surface area contributed by atoms with Gasteiger partial charge in [-0.15, -0.1) is 0 Å². The van der Waals surface area contributed by atoms with Crippen molar-refractivity contribution in [1.29, 1.82) is 0 Å². The van der Waals surface area contributed by atoms with Crippen LogP contribution in [0.3, 0.4) is 0 Å². The average Bonchev–Trinajstić information content (AvgIpc) is 2.98. The Labute approximate surface area is 185 Å². The molecule has 30 heavy (non-hydrogen) atoms. The Balaban J connectivity index is 1.73. The standard InChI is InChI=1S/C26H48N2O2/c1-24(2,3)16-12-10-8-6-7-9-11-13-17-25(4,5)26(20-22(29)28-23(26)30)21-14-18-27-19-15-21/h21,27H,6-20H2,1-5H3,(H,28,29,30). The van der Waals surface area contributed by atoms with Gasteiger partial charge in [0.1, 0.15) is 0 Å². The highest BCUT2D eigenvalue weighted by Crippen LogP contribution is 2.55. The molecule has 1 atom stereocenters. The Morgan fingerprint density at radius 1 is 0.800 bits per heavy atom. The normalized spacial score (nSPS) is 23.8. The summed E-state index contributed by atoms with van der Waals surface area (Å²) in [5, 5.41) is 6.07. The molecule has 0 bridgehead atoms. The number of imide groups is 1. The van der Waals surface area contributed by atoms with Crippen LogP contribution in [0.5, 0.6) is 0 Å². The third kappa shape index (κ3) is 6.80. The molecule has 0 aromatic rings. The fourth-order valence-electron chi connectivity index (χ4n) is 5.87. The highest BCUT2D eigenvalue weighted by atomic mass is 16.2. The Morgan fingerprint density at radius 2 is 1.30 bits per heavy atom. The fraction of sp³-hybridized carbons (Fsp3) is 0.923. The zero-order valence-corrected chi connectivity index (χ0v) is 20.5. The molecule has 2 saturated heterocycles. The molecule has 0 aliphatic carbocycles. The van der Waals surface area contributed by atoms with Crippen LogP contribution in [0.4, 0.5) is 0 Å². The maximum absolute atomic E-state index is 13.0. The van der Waals surface area contributed by atoms with E-state index in [1.54, 1.807) is 0 Å². The Hall–Kier alpha value is -0.900. The van der Waals surface area contributed by atoms with Crippen molar-refractivity contribution in [3.05, 3.63) is 0 Å². The average molecular weight is 421 g/mol. The first-order valence-corrected chi connectivity index (χ1v) is 12.6. The monoisotopic (exact) mass is 420 g/mol. The van der Waals surface area contributed by atoms with Crippen molar-refractivity contribution in [1.82, 2.24) is 10.6 Å². The van der Waals surface area contributed by atoms with Crippen LogP contribution >= 0.6 is 0 Å². The van der Waals surface area contributed by atoms with Gasteiger partial charge in [0, 0.05) is 6.42 Å². The molecule has 2 heterocycles. The zero-order valence-electron chi connectivity index (χ0n) is 20.5. The minimum Gasteiger partial charge on any atom is -0.317 e. The second-order valence-corrected chi connectivity index (χ2v) is 11.8. The Morgan fingerprint density at radius 3 is 1.77 bits per heavy atom. The minimum absolute atomic E-state index is 0.000318. The summed E-state index contributed by atoms with van der Waals surface area (Å²) >= 11 is 0. The van der Waals surface area contributed by atoms with Gasteiger partial charge in [-0.3, -0.25) is 14.9 Å². The quantitative estimate of drug-likeness (QED) is 0.301. The van der Waals surface area contributed by atoms with E-state index in [-0.39, 0.29) is 17.2 Å². The number of nitrogens with one attached hydrogen (secondary N) is 2. The van der Waals surface area contributed by atoms with Crippen molar-refractivity contribution in [2.75, 3.05) is 13.1 Å². The van der Waals surface area contributed by atoms with Crippen molar-refractivity contribution in [3.8, 4) is 0 Å². The molecule has 1 unspecified atom stereocenters. The van der Waals surface area contributed by atoms with Crippen LogP contribution in [-0.2, 0) is 9.59 Å². The molecule has 0 aromatic carbocycles. The summed E-state index contributed by atoms with van der Waals surface area (Å²) in [5.74, 6) is 0.242. The first-order chi connectivity index (χ1) is 14.1. The highest BCUT2D eigenvalue weighted by Gasteiger charge is 2.59. The third-order valence-electron chi connectivity index (χ3n) is 7.82. The van der Waals surface area contributed by atoms with E-state index in [0.29, 0.717) is 17.8 Å². The maximum Gasteiger partial charge on any atom is 0.234 e. The van der Waals surface area contributed by atoms with Crippen LogP contribution in [-0.4, -0.2) is 24.9 Å². The second-order valence-electron chi connectivity index (χ2n) is 11.8. The topological polar surface area (TPSA) is 58.2 Å². The summed E-state index contributed by atoms with van der Waals surface area (Å²) in [5.41, 5.74) is -0.184. The van der Waals surface area contributed by atoms with Crippen LogP contribution in [0.25, 0.3) is 0 Å². The summed E-state index contributed by atoms with van der Waals surface area (Å²) in [4.78, 5) is 25.2. The van der Waals surface area contributed by atoms with E-state index >= 15 is 0 Å². The van der Waals surface area contributed by atoms with Crippen LogP contribution < -0.4 is 10.6 Å². The number of amides is 2. The van der Waals surface area contributed by atoms with Gasteiger partial charge < -0.3 is 5.32 Å². The first kappa shape index (κ1) is 25.4. The molecule has 2 aliphatic rings. The lowest BCUT2D eigenvalue weighted by Gasteiger charge is -2.48. The second kappa shape index (κ2) is 11.1. The lowest BCUT2D eigenvalue weighted by atomic mass is 9.54. The summed E-state index contributed by atoms with van der Waals surface area (Å²) in [6, 6.07) is 0. The van der Waals surface area contributed by atoms with Gasteiger partial charge in [0.25, 0.3) is 0 Å². The largest absolute Gasteiger partial charge is 0.317 e. The molecular weight excluding hydrogens is 372 g/mol. The molecule has 0 saturated carbocycles. The number of unbranched alkanes of at least 4 members (excludes halogenated alkanes) is 7. The number of rotatable bonds is 12. The van der Waals surface area contributed by atoms with Crippen LogP contribution in [0.15, 0.2) is 0 Å². The number of carbonyl (C=O) groups excluding carboxylic acids is 2. The van der Waals surface area contributed by atoms with E-state index < -0.39 is 5.41 Å². The Kier molecular flexibility index (Phi) is 9.39. The molecule has 2 amide bonds. The maximum atomic E-state index is 13.0. The molecule has 2 N–H and O–H groups in total. The van der Waals surface area contributed by atoms with Crippen molar-refractivity contribution in [2.24, 2.45) is 22.2 Å². The van der Waals surface area contributed by atoms with E-state index in [4.69, 9.17) is 0 Å². The number of carbonyl (C=O) groups is 2. The van der Waals surface area contributed by atoms with Gasteiger partial charge in [0.2, 0.25) is 11.8 Å². The lowest BCUT2D eigenvalue weighted by Crippen LogP contribution is -2.52. The number of piperidine rings is 1. The highest BCUT2D eigenvalue weighted by molar-refractivity contribution is 6.06. The summed E-state index contributed by atoms with van der Waals surface area (Å²) < 4.78 is 0. The van der Waals surface area contributed by atoms with E-state index in [2.05, 4.69) is 45.3 Å². The van der Waals surface area contributed by atoms with Gasteiger partial charge in [0.15, 0.2) is 0 Å². The molecular formula is C26H48N2O2. The van der Waals surface area contributed by atoms with E-state index in [9.17, 15) is 9.59 Å². The molecule has 2 rings (SSSR count). The van der Waals surface area contributed by atoms with E-state index in [1.807, 2.05) is 0 Å². The van der Waals surface area contributed by atoms with Gasteiger partial charge in [0.05, 0.1) is 5.41 Å². The molecule has 4 heteroatoms. The molecule has 174 valence electrons. The summed E-state index contributed by atoms with van der Waals surface area (Å²) in [6.45, 7) is 13.4. The van der Waals surface area contributed by atoms with Crippen molar-refractivity contribution in [3.63, 3.8) is 0 Å². The van der Waals surface area contributed by atoms with Crippen LogP contribution in [0.2, 0.25) is 0 Å². The molecule has 4 nitrogen and oxygen atoms in total. The first-order valence-electron chi connectivity index (χ1n) is 12.6. The molecule has 2 aliphatic heterocycles.